The van der Waals surface area contributed by atoms with Gasteiger partial charge in [0.2, 0.25) is 0 Å². The molecule has 0 aliphatic carbocycles. The second-order valence-electron chi connectivity index (χ2n) is 7.25. The first kappa shape index (κ1) is 20.6. The second kappa shape index (κ2) is 9.00. The molecule has 4 rings (SSSR count). The van der Waals surface area contributed by atoms with Gasteiger partial charge in [0.15, 0.2) is 0 Å². The van der Waals surface area contributed by atoms with Crippen LogP contribution in [0.4, 0.5) is 0 Å². The molecule has 0 radical (unpaired) electrons. The summed E-state index contributed by atoms with van der Waals surface area (Å²) in [5.74, 6) is -0.0516. The van der Waals surface area contributed by atoms with Gasteiger partial charge in [0.05, 0.1) is 12.3 Å². The van der Waals surface area contributed by atoms with E-state index < -0.39 is 0 Å². The van der Waals surface area contributed by atoms with Gasteiger partial charge >= 0.3 is 0 Å². The second-order valence-corrected chi connectivity index (χ2v) is 8.12. The van der Waals surface area contributed by atoms with Crippen LogP contribution in [0, 0.1) is 0 Å². The highest BCUT2D eigenvalue weighted by Gasteiger charge is 2.39. The van der Waals surface area contributed by atoms with Crippen molar-refractivity contribution in [3.05, 3.63) is 106 Å². The van der Waals surface area contributed by atoms with E-state index >= 15 is 0 Å². The van der Waals surface area contributed by atoms with Crippen LogP contribution in [0.1, 0.15) is 29.8 Å². The lowest BCUT2D eigenvalue weighted by Gasteiger charge is -2.28. The molecule has 1 aliphatic rings. The standard InChI is InChI=1S/C24H21Cl2N3O/c1-17(19-10-12-21(25)13-11-19)27-29-23(30)16-28(15-18-6-3-2-4-7-18)24(29)20-8-5-9-22(26)14-20/h2-14,24H,15-16H2,1H3/t24-/m1/s1. The Morgan fingerprint density at radius 2 is 1.70 bits per heavy atom. The van der Waals surface area contributed by atoms with Crippen molar-refractivity contribution in [3.8, 4) is 0 Å². The maximum Gasteiger partial charge on any atom is 0.258 e. The Hall–Kier alpha value is -2.66. The summed E-state index contributed by atoms with van der Waals surface area (Å²) in [6.07, 6.45) is -0.335. The van der Waals surface area contributed by atoms with Crippen molar-refractivity contribution in [1.82, 2.24) is 9.91 Å². The quantitative estimate of drug-likeness (QED) is 0.475. The zero-order valence-electron chi connectivity index (χ0n) is 16.5. The van der Waals surface area contributed by atoms with Gasteiger partial charge in [-0.05, 0) is 47.9 Å². The number of carbonyl (C=O) groups excluding carboxylic acids is 1. The molecule has 3 aromatic carbocycles. The van der Waals surface area contributed by atoms with Crippen molar-refractivity contribution in [2.45, 2.75) is 19.6 Å². The highest BCUT2D eigenvalue weighted by Crippen LogP contribution is 2.34. The maximum atomic E-state index is 13.0. The molecule has 0 aromatic heterocycles. The van der Waals surface area contributed by atoms with Gasteiger partial charge in [-0.25, -0.2) is 5.01 Å². The van der Waals surface area contributed by atoms with Crippen LogP contribution in [0.3, 0.4) is 0 Å². The Labute approximate surface area is 186 Å². The molecule has 1 fully saturated rings. The molecule has 0 N–H and O–H groups in total. The minimum atomic E-state index is -0.335. The number of halogens is 2. The van der Waals surface area contributed by atoms with Crippen LogP contribution in [0.25, 0.3) is 0 Å². The SMILES string of the molecule is CC(=NN1C(=O)CN(Cc2ccccc2)[C@H]1c1cccc(Cl)c1)c1ccc(Cl)cc1. The van der Waals surface area contributed by atoms with Gasteiger partial charge in [0, 0.05) is 16.6 Å². The van der Waals surface area contributed by atoms with E-state index in [9.17, 15) is 4.79 Å². The summed E-state index contributed by atoms with van der Waals surface area (Å²) in [5.41, 5.74) is 3.72. The largest absolute Gasteiger partial charge is 0.271 e. The van der Waals surface area contributed by atoms with Crippen LogP contribution in [-0.2, 0) is 11.3 Å². The number of hydrazone groups is 1. The number of benzene rings is 3. The fourth-order valence-corrected chi connectivity index (χ4v) is 3.95. The number of hydrogen-bond acceptors (Lipinski definition) is 3. The van der Waals surface area contributed by atoms with Gasteiger partial charge < -0.3 is 0 Å². The number of carbonyl (C=O) groups is 1. The van der Waals surface area contributed by atoms with Gasteiger partial charge in [-0.3, -0.25) is 9.69 Å². The third-order valence-electron chi connectivity index (χ3n) is 5.07. The van der Waals surface area contributed by atoms with Gasteiger partial charge in [-0.2, -0.15) is 5.10 Å². The van der Waals surface area contributed by atoms with Crippen LogP contribution >= 0.6 is 23.2 Å². The highest BCUT2D eigenvalue weighted by atomic mass is 35.5. The molecule has 1 saturated heterocycles. The molecule has 152 valence electrons. The summed E-state index contributed by atoms with van der Waals surface area (Å²) in [6, 6.07) is 25.1. The molecular formula is C24H21Cl2N3O. The summed E-state index contributed by atoms with van der Waals surface area (Å²) < 4.78 is 0. The predicted molar refractivity (Wildman–Crippen MR) is 122 cm³/mol. The first-order valence-electron chi connectivity index (χ1n) is 9.68. The Balaban J connectivity index is 1.71. The van der Waals surface area contributed by atoms with Crippen LogP contribution < -0.4 is 0 Å². The molecule has 0 bridgehead atoms. The van der Waals surface area contributed by atoms with Crippen molar-refractivity contribution < 1.29 is 4.79 Å². The van der Waals surface area contributed by atoms with Crippen LogP contribution in [0.15, 0.2) is 84.0 Å². The van der Waals surface area contributed by atoms with Crippen molar-refractivity contribution >= 4 is 34.8 Å². The maximum absolute atomic E-state index is 13.0. The number of amides is 1. The van der Waals surface area contributed by atoms with E-state index in [1.807, 2.05) is 73.7 Å². The molecule has 0 spiro atoms. The van der Waals surface area contributed by atoms with Gasteiger partial charge in [0.1, 0.15) is 6.17 Å². The third kappa shape index (κ3) is 4.57. The van der Waals surface area contributed by atoms with Crippen LogP contribution in [0.5, 0.6) is 0 Å². The molecule has 4 nitrogen and oxygen atoms in total. The Morgan fingerprint density at radius 3 is 2.40 bits per heavy atom. The lowest BCUT2D eigenvalue weighted by Crippen LogP contribution is -2.29. The summed E-state index contributed by atoms with van der Waals surface area (Å²) in [5, 5.41) is 7.57. The predicted octanol–water partition coefficient (Wildman–Crippen LogP) is 5.76. The van der Waals surface area contributed by atoms with E-state index in [2.05, 4.69) is 17.0 Å². The third-order valence-corrected chi connectivity index (χ3v) is 5.55. The van der Waals surface area contributed by atoms with Crippen LogP contribution in [-0.4, -0.2) is 28.1 Å². The fourth-order valence-electron chi connectivity index (χ4n) is 3.62. The molecule has 0 unspecified atom stereocenters. The number of rotatable bonds is 5. The van der Waals surface area contributed by atoms with Crippen molar-refractivity contribution in [1.29, 1.82) is 0 Å². The molecule has 30 heavy (non-hydrogen) atoms. The summed E-state index contributed by atoms with van der Waals surface area (Å²) in [4.78, 5) is 15.1. The van der Waals surface area contributed by atoms with E-state index in [4.69, 9.17) is 28.3 Å². The van der Waals surface area contributed by atoms with Gasteiger partial charge in [-0.1, -0.05) is 77.8 Å². The first-order valence-corrected chi connectivity index (χ1v) is 10.4. The monoisotopic (exact) mass is 437 g/mol. The van der Waals surface area contributed by atoms with E-state index in [1.165, 1.54) is 0 Å². The Bertz CT molecular complexity index is 1070. The summed E-state index contributed by atoms with van der Waals surface area (Å²) >= 11 is 12.3. The van der Waals surface area contributed by atoms with E-state index in [-0.39, 0.29) is 18.6 Å². The summed E-state index contributed by atoms with van der Waals surface area (Å²) in [6.45, 7) is 2.81. The minimum Gasteiger partial charge on any atom is -0.271 e. The lowest BCUT2D eigenvalue weighted by molar-refractivity contribution is -0.128. The first-order chi connectivity index (χ1) is 14.5. The molecular weight excluding hydrogens is 417 g/mol. The Kier molecular flexibility index (Phi) is 6.18. The van der Waals surface area contributed by atoms with Crippen molar-refractivity contribution in [3.63, 3.8) is 0 Å². The average Bonchev–Trinajstić information content (AvgIpc) is 3.04. The molecule has 1 heterocycles. The molecule has 1 amide bonds. The van der Waals surface area contributed by atoms with Gasteiger partial charge in [0.25, 0.3) is 5.91 Å². The van der Waals surface area contributed by atoms with E-state index in [1.54, 1.807) is 5.01 Å². The minimum absolute atomic E-state index is 0.0516. The number of hydrogen-bond donors (Lipinski definition) is 0. The molecule has 3 aromatic rings. The zero-order chi connectivity index (χ0) is 21.1. The summed E-state index contributed by atoms with van der Waals surface area (Å²) in [7, 11) is 0. The molecule has 1 aliphatic heterocycles. The molecule has 0 saturated carbocycles. The van der Waals surface area contributed by atoms with Crippen molar-refractivity contribution in [2.75, 3.05) is 6.54 Å². The average molecular weight is 438 g/mol. The normalized spacial score (nSPS) is 17.6. The van der Waals surface area contributed by atoms with E-state index in [0.29, 0.717) is 16.6 Å². The zero-order valence-corrected chi connectivity index (χ0v) is 18.0. The smallest absolute Gasteiger partial charge is 0.258 e. The molecule has 6 heteroatoms. The lowest BCUT2D eigenvalue weighted by atomic mass is 10.1. The number of nitrogens with zero attached hydrogens (tertiary/aromatic N) is 3. The van der Waals surface area contributed by atoms with Crippen LogP contribution in [0.2, 0.25) is 10.0 Å². The fraction of sp³-hybridized carbons (Fsp3) is 0.167. The Morgan fingerprint density at radius 1 is 0.967 bits per heavy atom. The molecule has 1 atom stereocenters. The van der Waals surface area contributed by atoms with Gasteiger partial charge in [-0.15, -0.1) is 0 Å². The van der Waals surface area contributed by atoms with E-state index in [0.717, 1.165) is 22.4 Å². The topological polar surface area (TPSA) is 35.9 Å². The highest BCUT2D eigenvalue weighted by molar-refractivity contribution is 6.31. The van der Waals surface area contributed by atoms with Crippen molar-refractivity contribution in [2.24, 2.45) is 5.10 Å².